The number of amides is 4. The summed E-state index contributed by atoms with van der Waals surface area (Å²) < 4.78 is 5.75. The summed E-state index contributed by atoms with van der Waals surface area (Å²) in [6.45, 7) is 8.69. The fourth-order valence-electron chi connectivity index (χ4n) is 7.15. The highest BCUT2D eigenvalue weighted by Gasteiger charge is 2.33. The molecule has 1 aliphatic carbocycles. The van der Waals surface area contributed by atoms with Gasteiger partial charge in [0.05, 0.1) is 25.2 Å². The molecule has 11 nitrogen and oxygen atoms in total. The Balaban J connectivity index is 1.48. The van der Waals surface area contributed by atoms with Gasteiger partial charge in [0.1, 0.15) is 24.1 Å². The van der Waals surface area contributed by atoms with E-state index >= 15 is 0 Å². The molecule has 1 unspecified atom stereocenters. The Morgan fingerprint density at radius 2 is 1.58 bits per heavy atom. The molecule has 2 aromatic rings. The van der Waals surface area contributed by atoms with Crippen molar-refractivity contribution in [2.75, 3.05) is 13.2 Å². The Morgan fingerprint density at radius 3 is 2.25 bits per heavy atom. The zero-order valence-electron chi connectivity index (χ0n) is 31.2. The maximum Gasteiger partial charge on any atom is 0.243 e. The average Bonchev–Trinajstić information content (AvgIpc) is 3.51. The van der Waals surface area contributed by atoms with E-state index < -0.39 is 36.0 Å². The molecule has 1 fully saturated rings. The molecule has 0 spiro atoms. The van der Waals surface area contributed by atoms with Crippen LogP contribution in [0.5, 0.6) is 5.75 Å². The molecule has 284 valence electrons. The van der Waals surface area contributed by atoms with Crippen LogP contribution in [0.15, 0.2) is 48.5 Å². The molecule has 1 aliphatic heterocycles. The van der Waals surface area contributed by atoms with E-state index in [0.717, 1.165) is 43.1 Å². The van der Waals surface area contributed by atoms with Crippen molar-refractivity contribution in [2.24, 2.45) is 17.8 Å². The third-order valence-electron chi connectivity index (χ3n) is 9.96. The standard InChI is InChI=1S/C41H58N4O7/c1-26(2)17-34(40(50)44-33(19-28-11-7-5-8-12-28)36(47)22-38(48)42-23-27(3)4)45-41(51)35(20-29-13-9-6-10-14-29)43-39(49)21-31-25-52-37-16-15-30(24-46)18-32(31)37/h6,9-10,13-16,18,24,26-28,31,33-36,47H,5,7-8,11-12,17,19-23,25H2,1-4H3,(H,42,48)(H,43,49)(H,44,50)(H,45,51)/t31?,33-,34-,35-,36-/m0/s1. The number of aliphatic hydroxyl groups excluding tert-OH is 1. The van der Waals surface area contributed by atoms with Crippen LogP contribution in [-0.4, -0.2) is 72.4 Å². The van der Waals surface area contributed by atoms with Gasteiger partial charge in [0.25, 0.3) is 0 Å². The fourth-order valence-corrected chi connectivity index (χ4v) is 7.15. The van der Waals surface area contributed by atoms with Gasteiger partial charge in [-0.3, -0.25) is 24.0 Å². The van der Waals surface area contributed by atoms with Gasteiger partial charge in [-0.2, -0.15) is 0 Å². The predicted molar refractivity (Wildman–Crippen MR) is 200 cm³/mol. The summed E-state index contributed by atoms with van der Waals surface area (Å²) in [4.78, 5) is 65.6. The van der Waals surface area contributed by atoms with Crippen molar-refractivity contribution in [3.05, 3.63) is 65.2 Å². The van der Waals surface area contributed by atoms with Crippen LogP contribution in [0.25, 0.3) is 0 Å². The quantitative estimate of drug-likeness (QED) is 0.133. The fraction of sp³-hybridized carbons (Fsp3) is 0.585. The van der Waals surface area contributed by atoms with Crippen LogP contribution in [-0.2, 0) is 25.6 Å². The zero-order valence-corrected chi connectivity index (χ0v) is 31.2. The van der Waals surface area contributed by atoms with Gasteiger partial charge in [-0.15, -0.1) is 0 Å². The summed E-state index contributed by atoms with van der Waals surface area (Å²) in [6.07, 6.45) is 6.02. The van der Waals surface area contributed by atoms with Gasteiger partial charge < -0.3 is 31.1 Å². The number of aliphatic hydroxyl groups is 1. The van der Waals surface area contributed by atoms with Crippen molar-refractivity contribution in [3.8, 4) is 5.75 Å². The molecule has 2 aliphatic rings. The molecule has 5 atom stereocenters. The van der Waals surface area contributed by atoms with Gasteiger partial charge in [0.2, 0.25) is 23.6 Å². The van der Waals surface area contributed by atoms with Crippen molar-refractivity contribution in [3.63, 3.8) is 0 Å². The lowest BCUT2D eigenvalue weighted by Crippen LogP contribution is -2.57. The lowest BCUT2D eigenvalue weighted by atomic mass is 9.83. The maximum absolute atomic E-state index is 14.0. The Bertz CT molecular complexity index is 1490. The first-order valence-corrected chi connectivity index (χ1v) is 19.0. The minimum absolute atomic E-state index is 0.0421. The van der Waals surface area contributed by atoms with Crippen molar-refractivity contribution in [1.82, 2.24) is 21.3 Å². The minimum Gasteiger partial charge on any atom is -0.493 e. The van der Waals surface area contributed by atoms with Gasteiger partial charge in [0, 0.05) is 36.4 Å². The largest absolute Gasteiger partial charge is 0.493 e. The molecule has 2 aromatic carbocycles. The molecule has 1 saturated carbocycles. The first kappa shape index (κ1) is 40.5. The van der Waals surface area contributed by atoms with Crippen molar-refractivity contribution in [2.45, 2.75) is 122 Å². The summed E-state index contributed by atoms with van der Waals surface area (Å²) in [7, 11) is 0. The number of aldehydes is 1. The molecule has 5 N–H and O–H groups in total. The van der Waals surface area contributed by atoms with Gasteiger partial charge in [0.15, 0.2) is 0 Å². The molecule has 0 aromatic heterocycles. The third-order valence-corrected chi connectivity index (χ3v) is 9.96. The Hall–Kier alpha value is -4.25. The monoisotopic (exact) mass is 718 g/mol. The second-order valence-electron chi connectivity index (χ2n) is 15.5. The number of ether oxygens (including phenoxy) is 1. The van der Waals surface area contributed by atoms with E-state index in [-0.39, 0.29) is 55.4 Å². The lowest BCUT2D eigenvalue weighted by molar-refractivity contribution is -0.133. The molecule has 0 bridgehead atoms. The molecule has 0 saturated heterocycles. The number of hydrogen-bond acceptors (Lipinski definition) is 7. The van der Waals surface area contributed by atoms with Gasteiger partial charge in [-0.25, -0.2) is 0 Å². The average molecular weight is 719 g/mol. The van der Waals surface area contributed by atoms with E-state index in [2.05, 4.69) is 21.3 Å². The normalized spacial score (nSPS) is 18.0. The van der Waals surface area contributed by atoms with Gasteiger partial charge >= 0.3 is 0 Å². The molecular weight excluding hydrogens is 660 g/mol. The lowest BCUT2D eigenvalue weighted by Gasteiger charge is -2.32. The number of nitrogens with one attached hydrogen (secondary N) is 4. The maximum atomic E-state index is 14.0. The highest BCUT2D eigenvalue weighted by Crippen LogP contribution is 2.36. The van der Waals surface area contributed by atoms with E-state index in [0.29, 0.717) is 36.6 Å². The number of rotatable bonds is 19. The number of fused-ring (bicyclic) bond motifs is 1. The second kappa shape index (κ2) is 20.1. The van der Waals surface area contributed by atoms with E-state index in [1.54, 1.807) is 18.2 Å². The Labute approximate surface area is 308 Å². The molecule has 4 rings (SSSR count). The summed E-state index contributed by atoms with van der Waals surface area (Å²) in [6, 6.07) is 11.9. The highest BCUT2D eigenvalue weighted by molar-refractivity contribution is 5.92. The second-order valence-corrected chi connectivity index (χ2v) is 15.5. The van der Waals surface area contributed by atoms with E-state index in [9.17, 15) is 29.1 Å². The van der Waals surface area contributed by atoms with Crippen LogP contribution in [0.3, 0.4) is 0 Å². The SMILES string of the molecule is CC(C)CNC(=O)C[C@H](O)[C@H](CC1CCCCC1)NC(=O)[C@H](CC(C)C)NC(=O)[C@H](Cc1ccccc1)NC(=O)CC1COc2ccc(C=O)cc21. The first-order valence-electron chi connectivity index (χ1n) is 19.0. The summed E-state index contributed by atoms with van der Waals surface area (Å²) in [5.74, 6) is -0.583. The highest BCUT2D eigenvalue weighted by atomic mass is 16.5. The molecular formula is C41H58N4O7. The summed E-state index contributed by atoms with van der Waals surface area (Å²) >= 11 is 0. The van der Waals surface area contributed by atoms with E-state index in [1.807, 2.05) is 58.0 Å². The predicted octanol–water partition coefficient (Wildman–Crippen LogP) is 4.60. The van der Waals surface area contributed by atoms with Crippen LogP contribution in [0.1, 0.15) is 113 Å². The van der Waals surface area contributed by atoms with Crippen LogP contribution in [0.4, 0.5) is 0 Å². The van der Waals surface area contributed by atoms with Crippen molar-refractivity contribution in [1.29, 1.82) is 0 Å². The smallest absolute Gasteiger partial charge is 0.243 e. The Morgan fingerprint density at radius 1 is 0.865 bits per heavy atom. The number of carbonyl (C=O) groups excluding carboxylic acids is 5. The summed E-state index contributed by atoms with van der Waals surface area (Å²) in [5.41, 5.74) is 2.11. The third kappa shape index (κ3) is 12.8. The van der Waals surface area contributed by atoms with Gasteiger partial charge in [-0.1, -0.05) is 90.1 Å². The van der Waals surface area contributed by atoms with Crippen LogP contribution < -0.4 is 26.0 Å². The summed E-state index contributed by atoms with van der Waals surface area (Å²) in [5, 5.41) is 23.0. The van der Waals surface area contributed by atoms with Crippen LogP contribution in [0, 0.1) is 17.8 Å². The Kier molecular flexibility index (Phi) is 15.7. The zero-order chi connectivity index (χ0) is 37.6. The van der Waals surface area contributed by atoms with Crippen LogP contribution in [0.2, 0.25) is 0 Å². The topological polar surface area (TPSA) is 163 Å². The van der Waals surface area contributed by atoms with Gasteiger partial charge in [-0.05, 0) is 54.4 Å². The van der Waals surface area contributed by atoms with E-state index in [1.165, 1.54) is 6.42 Å². The molecule has 0 radical (unpaired) electrons. The molecule has 1 heterocycles. The number of carbonyl (C=O) groups is 5. The number of hydrogen-bond donors (Lipinski definition) is 5. The molecule has 4 amide bonds. The molecule has 52 heavy (non-hydrogen) atoms. The van der Waals surface area contributed by atoms with E-state index in [4.69, 9.17) is 4.74 Å². The van der Waals surface area contributed by atoms with Crippen LogP contribution >= 0.6 is 0 Å². The minimum atomic E-state index is -1.09. The van der Waals surface area contributed by atoms with Crippen molar-refractivity contribution < 1.29 is 33.8 Å². The molecule has 11 heteroatoms. The first-order chi connectivity index (χ1) is 24.9. The number of benzene rings is 2. The van der Waals surface area contributed by atoms with Crippen molar-refractivity contribution >= 4 is 29.9 Å².